The van der Waals surface area contributed by atoms with Crippen molar-refractivity contribution in [2.24, 2.45) is 5.73 Å². The Balaban J connectivity index is 2.44. The van der Waals surface area contributed by atoms with Gasteiger partial charge in [0, 0.05) is 21.1 Å². The van der Waals surface area contributed by atoms with Crippen LogP contribution >= 0.6 is 27.5 Å². The summed E-state index contributed by atoms with van der Waals surface area (Å²) in [6, 6.07) is 5.88. The first kappa shape index (κ1) is 15.0. The molecule has 0 heterocycles. The molecule has 0 spiro atoms. The second-order valence-corrected chi connectivity index (χ2v) is 5.71. The Morgan fingerprint density at radius 3 is 2.59 bits per heavy atom. The zero-order chi connectivity index (χ0) is 12.7. The van der Waals surface area contributed by atoms with Crippen molar-refractivity contribution in [3.63, 3.8) is 0 Å². The molecule has 0 aliphatic rings. The molecule has 1 unspecified atom stereocenters. The van der Waals surface area contributed by atoms with Gasteiger partial charge in [-0.25, -0.2) is 0 Å². The summed E-state index contributed by atoms with van der Waals surface area (Å²) in [5, 5.41) is 0.764. The fraction of sp³-hybridized carbons (Fsp3) is 0.571. The molecule has 1 aromatic rings. The molecule has 0 fully saturated rings. The van der Waals surface area contributed by atoms with E-state index in [1.807, 2.05) is 18.2 Å². The smallest absolute Gasteiger partial charge is 0.0465 e. The van der Waals surface area contributed by atoms with Gasteiger partial charge in [0.05, 0.1) is 0 Å². The molecule has 2 N–H and O–H groups in total. The third-order valence-electron chi connectivity index (χ3n) is 2.99. The Labute approximate surface area is 118 Å². The van der Waals surface area contributed by atoms with Gasteiger partial charge < -0.3 is 5.73 Å². The number of hydrogen-bond donors (Lipinski definition) is 1. The van der Waals surface area contributed by atoms with Crippen molar-refractivity contribution >= 4 is 27.5 Å². The fourth-order valence-corrected chi connectivity index (χ4v) is 3.07. The minimum atomic E-state index is 0.0414. The van der Waals surface area contributed by atoms with Crippen molar-refractivity contribution in [3.05, 3.63) is 33.3 Å². The summed E-state index contributed by atoms with van der Waals surface area (Å²) in [6.45, 7) is 2.23. The normalized spacial score (nSPS) is 12.7. The van der Waals surface area contributed by atoms with Gasteiger partial charge in [-0.15, -0.1) is 0 Å². The second kappa shape index (κ2) is 8.12. The highest BCUT2D eigenvalue weighted by molar-refractivity contribution is 9.10. The van der Waals surface area contributed by atoms with Crippen LogP contribution in [0.25, 0.3) is 0 Å². The lowest BCUT2D eigenvalue weighted by Gasteiger charge is -2.15. The van der Waals surface area contributed by atoms with E-state index in [1.165, 1.54) is 32.1 Å². The number of benzene rings is 1. The van der Waals surface area contributed by atoms with Gasteiger partial charge in [-0.2, -0.15) is 0 Å². The standard InChI is InChI=1S/C14H21BrClN/c1-2-3-4-5-6-10-13(17)14-11(15)8-7-9-12(14)16/h7-9,13H,2-6,10,17H2,1H3. The molecule has 1 aromatic carbocycles. The van der Waals surface area contributed by atoms with Crippen molar-refractivity contribution in [2.75, 3.05) is 0 Å². The van der Waals surface area contributed by atoms with Crippen LogP contribution in [0.2, 0.25) is 5.02 Å². The molecule has 0 radical (unpaired) electrons. The molecule has 0 saturated carbocycles. The Kier molecular flexibility index (Phi) is 7.17. The van der Waals surface area contributed by atoms with Crippen LogP contribution < -0.4 is 5.73 Å². The molecule has 0 saturated heterocycles. The molecule has 3 heteroatoms. The van der Waals surface area contributed by atoms with Gasteiger partial charge in [0.25, 0.3) is 0 Å². The van der Waals surface area contributed by atoms with Gasteiger partial charge in [-0.05, 0) is 18.6 Å². The van der Waals surface area contributed by atoms with E-state index in [0.717, 1.165) is 21.5 Å². The van der Waals surface area contributed by atoms with E-state index < -0.39 is 0 Å². The second-order valence-electron chi connectivity index (χ2n) is 4.44. The quantitative estimate of drug-likeness (QED) is 0.663. The predicted molar refractivity (Wildman–Crippen MR) is 79.5 cm³/mol. The summed E-state index contributed by atoms with van der Waals surface area (Å²) in [5.74, 6) is 0. The maximum Gasteiger partial charge on any atom is 0.0465 e. The topological polar surface area (TPSA) is 26.0 Å². The SMILES string of the molecule is CCCCCCCC(N)c1c(Cl)cccc1Br. The Morgan fingerprint density at radius 1 is 1.24 bits per heavy atom. The largest absolute Gasteiger partial charge is 0.324 e. The van der Waals surface area contributed by atoms with E-state index in [1.54, 1.807) is 0 Å². The van der Waals surface area contributed by atoms with Crippen LogP contribution in [0.4, 0.5) is 0 Å². The van der Waals surface area contributed by atoms with Crippen molar-refractivity contribution in [2.45, 2.75) is 51.5 Å². The van der Waals surface area contributed by atoms with Crippen molar-refractivity contribution < 1.29 is 0 Å². The van der Waals surface area contributed by atoms with Crippen molar-refractivity contribution in [1.29, 1.82) is 0 Å². The Morgan fingerprint density at radius 2 is 1.94 bits per heavy atom. The van der Waals surface area contributed by atoms with E-state index in [2.05, 4.69) is 22.9 Å². The molecule has 96 valence electrons. The zero-order valence-corrected chi connectivity index (χ0v) is 12.7. The average Bonchev–Trinajstić information content (AvgIpc) is 2.28. The van der Waals surface area contributed by atoms with Crippen LogP contribution in [0.1, 0.15) is 57.1 Å². The maximum absolute atomic E-state index is 6.20. The van der Waals surface area contributed by atoms with Gasteiger partial charge in [0.1, 0.15) is 0 Å². The van der Waals surface area contributed by atoms with Crippen LogP contribution in [0.3, 0.4) is 0 Å². The molecule has 0 amide bonds. The molecule has 0 aromatic heterocycles. The van der Waals surface area contributed by atoms with Crippen molar-refractivity contribution in [1.82, 2.24) is 0 Å². The molecule has 17 heavy (non-hydrogen) atoms. The van der Waals surface area contributed by atoms with E-state index in [-0.39, 0.29) is 6.04 Å². The monoisotopic (exact) mass is 317 g/mol. The third kappa shape index (κ3) is 4.99. The summed E-state index contributed by atoms with van der Waals surface area (Å²) in [5.41, 5.74) is 7.24. The molecular formula is C14H21BrClN. The maximum atomic E-state index is 6.20. The summed E-state index contributed by atoms with van der Waals surface area (Å²) < 4.78 is 1.02. The highest BCUT2D eigenvalue weighted by atomic mass is 79.9. The summed E-state index contributed by atoms with van der Waals surface area (Å²) in [6.07, 6.45) is 7.37. The minimum absolute atomic E-state index is 0.0414. The van der Waals surface area contributed by atoms with Gasteiger partial charge >= 0.3 is 0 Å². The summed E-state index contributed by atoms with van der Waals surface area (Å²) in [7, 11) is 0. The molecule has 0 bridgehead atoms. The summed E-state index contributed by atoms with van der Waals surface area (Å²) >= 11 is 9.69. The number of nitrogens with two attached hydrogens (primary N) is 1. The number of rotatable bonds is 7. The van der Waals surface area contributed by atoms with E-state index in [0.29, 0.717) is 0 Å². The van der Waals surface area contributed by atoms with Gasteiger partial charge in [-0.1, -0.05) is 72.6 Å². The molecule has 0 aliphatic carbocycles. The molecule has 0 aliphatic heterocycles. The van der Waals surface area contributed by atoms with Crippen LogP contribution in [0.5, 0.6) is 0 Å². The van der Waals surface area contributed by atoms with Crippen LogP contribution in [0, 0.1) is 0 Å². The first-order chi connectivity index (χ1) is 8.16. The van der Waals surface area contributed by atoms with Crippen LogP contribution in [-0.4, -0.2) is 0 Å². The summed E-state index contributed by atoms with van der Waals surface area (Å²) in [4.78, 5) is 0. The highest BCUT2D eigenvalue weighted by Gasteiger charge is 2.13. The molecular weight excluding hydrogens is 298 g/mol. The predicted octanol–water partition coefficient (Wildman–Crippen LogP) is 5.46. The molecule has 1 rings (SSSR count). The van der Waals surface area contributed by atoms with E-state index in [9.17, 15) is 0 Å². The van der Waals surface area contributed by atoms with Gasteiger partial charge in [0.15, 0.2) is 0 Å². The third-order valence-corrected chi connectivity index (χ3v) is 4.01. The first-order valence-corrected chi connectivity index (χ1v) is 7.53. The lowest BCUT2D eigenvalue weighted by atomic mass is 10.0. The Bertz CT molecular complexity index is 321. The number of halogens is 2. The molecule has 1 atom stereocenters. The highest BCUT2D eigenvalue weighted by Crippen LogP contribution is 2.31. The van der Waals surface area contributed by atoms with Gasteiger partial charge in [-0.3, -0.25) is 0 Å². The molecule has 1 nitrogen and oxygen atoms in total. The average molecular weight is 319 g/mol. The number of hydrogen-bond acceptors (Lipinski definition) is 1. The van der Waals surface area contributed by atoms with E-state index >= 15 is 0 Å². The first-order valence-electron chi connectivity index (χ1n) is 6.36. The van der Waals surface area contributed by atoms with Crippen molar-refractivity contribution in [3.8, 4) is 0 Å². The lowest BCUT2D eigenvalue weighted by molar-refractivity contribution is 0.554. The van der Waals surface area contributed by atoms with E-state index in [4.69, 9.17) is 17.3 Å². The Hall–Kier alpha value is -0.0500. The lowest BCUT2D eigenvalue weighted by Crippen LogP contribution is -2.11. The fourth-order valence-electron chi connectivity index (χ4n) is 1.98. The minimum Gasteiger partial charge on any atom is -0.324 e. The number of unbranched alkanes of at least 4 members (excludes halogenated alkanes) is 4. The van der Waals surface area contributed by atoms with Crippen LogP contribution in [0.15, 0.2) is 22.7 Å². The zero-order valence-electron chi connectivity index (χ0n) is 10.4. The van der Waals surface area contributed by atoms with Crippen LogP contribution in [-0.2, 0) is 0 Å². The van der Waals surface area contributed by atoms with Gasteiger partial charge in [0.2, 0.25) is 0 Å².